The van der Waals surface area contributed by atoms with Gasteiger partial charge in [-0.25, -0.2) is 0 Å². The van der Waals surface area contributed by atoms with Crippen LogP contribution in [0.4, 0.5) is 0 Å². The first-order valence-electron chi connectivity index (χ1n) is 8.50. The van der Waals surface area contributed by atoms with Gasteiger partial charge in [0.2, 0.25) is 5.91 Å². The summed E-state index contributed by atoms with van der Waals surface area (Å²) in [6, 6.07) is 8.69. The Hall–Kier alpha value is -1.65. The summed E-state index contributed by atoms with van der Waals surface area (Å²) in [6.07, 6.45) is 2.82. The highest BCUT2D eigenvalue weighted by molar-refractivity contribution is 5.81. The Balaban J connectivity index is 1.85. The van der Waals surface area contributed by atoms with Crippen molar-refractivity contribution in [2.45, 2.75) is 32.9 Å². The molecule has 1 fully saturated rings. The molecule has 0 spiro atoms. The first kappa shape index (κ1) is 17.7. The lowest BCUT2D eigenvalue weighted by atomic mass is 10.1. The molecule has 4 heteroatoms. The Morgan fingerprint density at radius 1 is 1.26 bits per heavy atom. The van der Waals surface area contributed by atoms with Gasteiger partial charge >= 0.3 is 0 Å². The minimum atomic E-state index is -0.0747. The maximum absolute atomic E-state index is 12.1. The largest absolute Gasteiger partial charge is 0.351 e. The van der Waals surface area contributed by atoms with Gasteiger partial charge in [0, 0.05) is 32.7 Å². The molecule has 1 aromatic carbocycles. The molecular weight excluding hydrogens is 286 g/mol. The fourth-order valence-electron chi connectivity index (χ4n) is 2.97. The molecule has 1 N–H and O–H groups in total. The van der Waals surface area contributed by atoms with Gasteiger partial charge in [0.15, 0.2) is 0 Å². The molecule has 0 bridgehead atoms. The topological polar surface area (TPSA) is 35.6 Å². The summed E-state index contributed by atoms with van der Waals surface area (Å²) in [5, 5.41) is 2.89. The fourth-order valence-corrected chi connectivity index (χ4v) is 2.97. The quantitative estimate of drug-likeness (QED) is 0.818. The van der Waals surface area contributed by atoms with Crippen LogP contribution in [-0.4, -0.2) is 54.5 Å². The van der Waals surface area contributed by atoms with Gasteiger partial charge in [0.05, 0.1) is 6.04 Å². The van der Waals surface area contributed by atoms with E-state index in [4.69, 9.17) is 0 Å². The van der Waals surface area contributed by atoms with E-state index in [0.29, 0.717) is 6.54 Å². The number of rotatable bonds is 6. The van der Waals surface area contributed by atoms with E-state index in [1.54, 1.807) is 6.08 Å². The molecule has 126 valence electrons. The molecule has 0 saturated carbocycles. The molecule has 4 nitrogen and oxygen atoms in total. The molecule has 1 saturated heterocycles. The number of carbonyl (C=O) groups is 1. The van der Waals surface area contributed by atoms with E-state index in [2.05, 4.69) is 52.9 Å². The zero-order valence-corrected chi connectivity index (χ0v) is 14.4. The standard InChI is InChI=1S/C19H29N3O/c1-4-10-20-19(23)17(3)22-12-5-11-21(13-14-22)15-18-8-6-16(2)7-9-18/h4,6-9,17H,1,5,10-15H2,2-3H3,(H,20,23)/t17-/m0/s1. The van der Waals surface area contributed by atoms with Crippen LogP contribution in [0.3, 0.4) is 0 Å². The van der Waals surface area contributed by atoms with Gasteiger partial charge in [-0.05, 0) is 32.4 Å². The maximum Gasteiger partial charge on any atom is 0.237 e. The summed E-state index contributed by atoms with van der Waals surface area (Å²) in [7, 11) is 0. The Labute approximate surface area is 140 Å². The number of nitrogens with zero attached hydrogens (tertiary/aromatic N) is 2. The highest BCUT2D eigenvalue weighted by Crippen LogP contribution is 2.12. The number of aryl methyl sites for hydroxylation is 1. The Morgan fingerprint density at radius 3 is 2.70 bits per heavy atom. The lowest BCUT2D eigenvalue weighted by Gasteiger charge is -2.26. The van der Waals surface area contributed by atoms with E-state index in [0.717, 1.165) is 39.1 Å². The van der Waals surface area contributed by atoms with E-state index in [1.807, 2.05) is 6.92 Å². The predicted molar refractivity (Wildman–Crippen MR) is 95.3 cm³/mol. The lowest BCUT2D eigenvalue weighted by Crippen LogP contribution is -2.46. The number of amides is 1. The third-order valence-electron chi connectivity index (χ3n) is 4.50. The SMILES string of the molecule is C=CCNC(=O)[C@H](C)N1CCCN(Cc2ccc(C)cc2)CC1. The van der Waals surface area contributed by atoms with Crippen molar-refractivity contribution in [1.82, 2.24) is 15.1 Å². The third kappa shape index (κ3) is 5.48. The van der Waals surface area contributed by atoms with Gasteiger partial charge in [0.25, 0.3) is 0 Å². The van der Waals surface area contributed by atoms with E-state index >= 15 is 0 Å². The van der Waals surface area contributed by atoms with Gasteiger partial charge in [-0.1, -0.05) is 35.9 Å². The van der Waals surface area contributed by atoms with Crippen molar-refractivity contribution < 1.29 is 4.79 Å². The van der Waals surface area contributed by atoms with E-state index in [1.165, 1.54) is 11.1 Å². The van der Waals surface area contributed by atoms with Crippen molar-refractivity contribution in [3.05, 3.63) is 48.0 Å². The third-order valence-corrected chi connectivity index (χ3v) is 4.50. The molecule has 1 aliphatic heterocycles. The number of hydrogen-bond acceptors (Lipinski definition) is 3. The second kappa shape index (κ2) is 8.85. The van der Waals surface area contributed by atoms with Crippen LogP contribution in [0.2, 0.25) is 0 Å². The van der Waals surface area contributed by atoms with E-state index < -0.39 is 0 Å². The summed E-state index contributed by atoms with van der Waals surface area (Å²) < 4.78 is 0. The van der Waals surface area contributed by atoms with Gasteiger partial charge in [-0.2, -0.15) is 0 Å². The van der Waals surface area contributed by atoms with Crippen molar-refractivity contribution >= 4 is 5.91 Å². The van der Waals surface area contributed by atoms with Crippen LogP contribution in [0.25, 0.3) is 0 Å². The maximum atomic E-state index is 12.1. The van der Waals surface area contributed by atoms with Crippen LogP contribution in [0.1, 0.15) is 24.5 Å². The molecule has 0 radical (unpaired) electrons. The second-order valence-corrected chi connectivity index (χ2v) is 6.36. The summed E-state index contributed by atoms with van der Waals surface area (Å²) in [4.78, 5) is 16.9. The van der Waals surface area contributed by atoms with Gasteiger partial charge in [0.1, 0.15) is 0 Å². The second-order valence-electron chi connectivity index (χ2n) is 6.36. The molecule has 1 amide bonds. The molecule has 0 aliphatic carbocycles. The van der Waals surface area contributed by atoms with Gasteiger partial charge in [-0.15, -0.1) is 6.58 Å². The number of nitrogens with one attached hydrogen (secondary N) is 1. The van der Waals surface area contributed by atoms with Crippen LogP contribution in [-0.2, 0) is 11.3 Å². The minimum absolute atomic E-state index is 0.0747. The Kier molecular flexibility index (Phi) is 6.81. The van der Waals surface area contributed by atoms with E-state index in [-0.39, 0.29) is 11.9 Å². The smallest absolute Gasteiger partial charge is 0.237 e. The van der Waals surface area contributed by atoms with Crippen molar-refractivity contribution in [3.63, 3.8) is 0 Å². The first-order valence-corrected chi connectivity index (χ1v) is 8.50. The number of hydrogen-bond donors (Lipinski definition) is 1. The number of carbonyl (C=O) groups excluding carboxylic acids is 1. The van der Waals surface area contributed by atoms with Crippen LogP contribution < -0.4 is 5.32 Å². The molecule has 1 heterocycles. The molecule has 23 heavy (non-hydrogen) atoms. The lowest BCUT2D eigenvalue weighted by molar-refractivity contribution is -0.125. The van der Waals surface area contributed by atoms with Gasteiger partial charge < -0.3 is 5.32 Å². The molecule has 0 aromatic heterocycles. The predicted octanol–water partition coefficient (Wildman–Crippen LogP) is 2.19. The average molecular weight is 315 g/mol. The highest BCUT2D eigenvalue weighted by atomic mass is 16.2. The zero-order chi connectivity index (χ0) is 16.7. The summed E-state index contributed by atoms with van der Waals surface area (Å²) in [5.41, 5.74) is 2.66. The molecule has 1 aromatic rings. The van der Waals surface area contributed by atoms with Crippen molar-refractivity contribution in [1.29, 1.82) is 0 Å². The molecule has 0 unspecified atom stereocenters. The number of benzene rings is 1. The van der Waals surface area contributed by atoms with E-state index in [9.17, 15) is 4.79 Å². The highest BCUT2D eigenvalue weighted by Gasteiger charge is 2.23. The van der Waals surface area contributed by atoms with Crippen molar-refractivity contribution in [3.8, 4) is 0 Å². The zero-order valence-electron chi connectivity index (χ0n) is 14.4. The monoisotopic (exact) mass is 315 g/mol. The summed E-state index contributed by atoms with van der Waals surface area (Å²) in [5.74, 6) is 0.0943. The fraction of sp³-hybridized carbons (Fsp3) is 0.526. The Morgan fingerprint density at radius 2 is 2.00 bits per heavy atom. The van der Waals surface area contributed by atoms with Crippen LogP contribution >= 0.6 is 0 Å². The Bertz CT molecular complexity index is 512. The molecule has 2 rings (SSSR count). The average Bonchev–Trinajstić information content (AvgIpc) is 2.79. The first-order chi connectivity index (χ1) is 11.1. The van der Waals surface area contributed by atoms with Crippen LogP contribution in [0.15, 0.2) is 36.9 Å². The molecule has 1 atom stereocenters. The van der Waals surface area contributed by atoms with Crippen molar-refractivity contribution in [2.24, 2.45) is 0 Å². The summed E-state index contributed by atoms with van der Waals surface area (Å²) in [6.45, 7) is 13.3. The molecule has 1 aliphatic rings. The molecular formula is C19H29N3O. The normalized spacial score (nSPS) is 18.2. The van der Waals surface area contributed by atoms with Crippen molar-refractivity contribution in [2.75, 3.05) is 32.7 Å². The van der Waals surface area contributed by atoms with Gasteiger partial charge in [-0.3, -0.25) is 14.6 Å². The van der Waals surface area contributed by atoms with Crippen LogP contribution in [0.5, 0.6) is 0 Å². The van der Waals surface area contributed by atoms with Crippen LogP contribution in [0, 0.1) is 6.92 Å². The summed E-state index contributed by atoms with van der Waals surface area (Å²) >= 11 is 0. The minimum Gasteiger partial charge on any atom is -0.351 e.